The lowest BCUT2D eigenvalue weighted by atomic mass is 10.2. The molecule has 1 fully saturated rings. The van der Waals surface area contributed by atoms with Gasteiger partial charge in [0.2, 0.25) is 10.0 Å². The number of alkyl halides is 1. The highest BCUT2D eigenvalue weighted by Crippen LogP contribution is 2.26. The maximum Gasteiger partial charge on any atom is 0.243 e. The van der Waals surface area contributed by atoms with Crippen LogP contribution < -0.4 is 0 Å². The van der Waals surface area contributed by atoms with Crippen LogP contribution in [0.25, 0.3) is 0 Å². The fraction of sp³-hybridized carbons (Fsp3) is 0.500. The van der Waals surface area contributed by atoms with Gasteiger partial charge >= 0.3 is 0 Å². The third kappa shape index (κ3) is 2.75. The first-order chi connectivity index (χ1) is 8.41. The number of rotatable bonds is 2. The molecule has 1 unspecified atom stereocenters. The molecule has 0 aromatic heterocycles. The smallest absolute Gasteiger partial charge is 0.207 e. The Bertz CT molecular complexity index is 547. The van der Waals surface area contributed by atoms with Crippen LogP contribution in [0.1, 0.15) is 18.4 Å². The molecule has 1 aromatic carbocycles. The second-order valence-electron chi connectivity index (χ2n) is 4.51. The topological polar surface area (TPSA) is 37.4 Å². The molecule has 1 aromatic rings. The van der Waals surface area contributed by atoms with Crippen LogP contribution in [0, 0.1) is 12.7 Å². The zero-order valence-electron chi connectivity index (χ0n) is 10.1. The van der Waals surface area contributed by atoms with Crippen LogP contribution in [-0.2, 0) is 10.0 Å². The molecule has 0 radical (unpaired) electrons. The lowest BCUT2D eigenvalue weighted by molar-refractivity contribution is 0.355. The van der Waals surface area contributed by atoms with Crippen molar-refractivity contribution in [3.63, 3.8) is 0 Å². The number of benzene rings is 1. The molecule has 2 rings (SSSR count). The van der Waals surface area contributed by atoms with Crippen LogP contribution in [0.4, 0.5) is 4.39 Å². The second-order valence-corrected chi connectivity index (χ2v) is 7.71. The number of nitrogens with zero attached hydrogens (tertiary/aromatic N) is 1. The fourth-order valence-corrected chi connectivity index (χ4v) is 4.73. The van der Waals surface area contributed by atoms with Crippen molar-refractivity contribution < 1.29 is 12.8 Å². The van der Waals surface area contributed by atoms with Gasteiger partial charge in [0.15, 0.2) is 0 Å². The van der Waals surface area contributed by atoms with Gasteiger partial charge in [0.05, 0.1) is 4.90 Å². The maximum absolute atomic E-state index is 13.2. The fourth-order valence-electron chi connectivity index (χ4n) is 2.10. The van der Waals surface area contributed by atoms with E-state index in [-0.39, 0.29) is 9.72 Å². The van der Waals surface area contributed by atoms with Crippen molar-refractivity contribution >= 4 is 26.0 Å². The molecule has 1 aliphatic rings. The van der Waals surface area contributed by atoms with Crippen LogP contribution >= 0.6 is 15.9 Å². The molecule has 1 heterocycles. The van der Waals surface area contributed by atoms with Crippen molar-refractivity contribution in [2.24, 2.45) is 0 Å². The predicted molar refractivity (Wildman–Crippen MR) is 71.8 cm³/mol. The second kappa shape index (κ2) is 5.27. The lowest BCUT2D eigenvalue weighted by Gasteiger charge is -2.29. The van der Waals surface area contributed by atoms with E-state index in [1.807, 2.05) is 0 Å². The third-order valence-corrected chi connectivity index (χ3v) is 5.85. The summed E-state index contributed by atoms with van der Waals surface area (Å²) >= 11 is 3.45. The lowest BCUT2D eigenvalue weighted by Crippen LogP contribution is -2.40. The van der Waals surface area contributed by atoms with Gasteiger partial charge in [-0.15, -0.1) is 0 Å². The first kappa shape index (κ1) is 14.0. The number of hydrogen-bond acceptors (Lipinski definition) is 2. The van der Waals surface area contributed by atoms with E-state index in [1.165, 1.54) is 16.4 Å². The van der Waals surface area contributed by atoms with Gasteiger partial charge in [0, 0.05) is 17.9 Å². The summed E-state index contributed by atoms with van der Waals surface area (Å²) in [5.41, 5.74) is 0.577. The van der Waals surface area contributed by atoms with Crippen LogP contribution in [0.5, 0.6) is 0 Å². The van der Waals surface area contributed by atoms with E-state index in [1.54, 1.807) is 6.92 Å². The standard InChI is InChI=1S/C12H15BrFNO2S/c1-9-4-5-11(14)7-12(9)18(16,17)15-6-2-3-10(13)8-15/h4-5,7,10H,2-3,6,8H2,1H3. The summed E-state index contributed by atoms with van der Waals surface area (Å²) in [6.45, 7) is 2.63. The molecule has 0 amide bonds. The van der Waals surface area contributed by atoms with Gasteiger partial charge in [0.1, 0.15) is 5.82 Å². The highest BCUT2D eigenvalue weighted by Gasteiger charge is 2.30. The Hall–Kier alpha value is -0.460. The van der Waals surface area contributed by atoms with Gasteiger partial charge in [0.25, 0.3) is 0 Å². The van der Waals surface area contributed by atoms with Crippen LogP contribution in [0.3, 0.4) is 0 Å². The summed E-state index contributed by atoms with van der Waals surface area (Å²) in [6, 6.07) is 3.87. The minimum Gasteiger partial charge on any atom is -0.207 e. The van der Waals surface area contributed by atoms with Crippen molar-refractivity contribution in [2.75, 3.05) is 13.1 Å². The summed E-state index contributed by atoms with van der Waals surface area (Å²) in [5.74, 6) is -0.522. The first-order valence-electron chi connectivity index (χ1n) is 5.81. The molecule has 0 bridgehead atoms. The van der Waals surface area contributed by atoms with Gasteiger partial charge in [-0.25, -0.2) is 12.8 Å². The minimum atomic E-state index is -3.58. The monoisotopic (exact) mass is 335 g/mol. The summed E-state index contributed by atoms with van der Waals surface area (Å²) in [4.78, 5) is 0.249. The zero-order chi connectivity index (χ0) is 13.3. The molecule has 1 saturated heterocycles. The number of sulfonamides is 1. The molecule has 0 saturated carbocycles. The summed E-state index contributed by atoms with van der Waals surface area (Å²) < 4.78 is 39.5. The maximum atomic E-state index is 13.2. The molecule has 1 atom stereocenters. The molecule has 3 nitrogen and oxygen atoms in total. The van der Waals surface area contributed by atoms with Crippen molar-refractivity contribution in [1.29, 1.82) is 0 Å². The summed E-state index contributed by atoms with van der Waals surface area (Å²) in [5, 5.41) is 0. The highest BCUT2D eigenvalue weighted by atomic mass is 79.9. The third-order valence-electron chi connectivity index (χ3n) is 3.09. The predicted octanol–water partition coefficient (Wildman–Crippen LogP) is 2.68. The van der Waals surface area contributed by atoms with Crippen LogP contribution in [-0.4, -0.2) is 30.6 Å². The van der Waals surface area contributed by atoms with E-state index < -0.39 is 15.8 Å². The Kier molecular flexibility index (Phi) is 4.08. The quantitative estimate of drug-likeness (QED) is 0.779. The van der Waals surface area contributed by atoms with Crippen molar-refractivity contribution in [1.82, 2.24) is 4.31 Å². The average Bonchev–Trinajstić information content (AvgIpc) is 2.32. The average molecular weight is 336 g/mol. The molecule has 18 heavy (non-hydrogen) atoms. The Balaban J connectivity index is 2.38. The molecule has 0 spiro atoms. The number of halogens is 2. The van der Waals surface area contributed by atoms with Gasteiger partial charge in [-0.1, -0.05) is 22.0 Å². The van der Waals surface area contributed by atoms with Crippen LogP contribution in [0.2, 0.25) is 0 Å². The summed E-state index contributed by atoms with van der Waals surface area (Å²) in [6.07, 6.45) is 1.79. The molecule has 100 valence electrons. The Morgan fingerprint density at radius 3 is 2.83 bits per heavy atom. The Labute approximate surface area is 115 Å². The van der Waals surface area contributed by atoms with Crippen LogP contribution in [0.15, 0.2) is 23.1 Å². The van der Waals surface area contributed by atoms with E-state index in [0.717, 1.165) is 18.9 Å². The molecule has 1 aliphatic heterocycles. The Morgan fingerprint density at radius 1 is 1.44 bits per heavy atom. The van der Waals surface area contributed by atoms with Gasteiger partial charge < -0.3 is 0 Å². The molecule has 6 heteroatoms. The van der Waals surface area contributed by atoms with Crippen molar-refractivity contribution in [3.05, 3.63) is 29.6 Å². The number of aryl methyl sites for hydroxylation is 1. The molecule has 0 N–H and O–H groups in total. The van der Waals surface area contributed by atoms with E-state index in [4.69, 9.17) is 0 Å². The first-order valence-corrected chi connectivity index (χ1v) is 8.17. The molecular formula is C12H15BrFNO2S. The number of hydrogen-bond donors (Lipinski definition) is 0. The molecular weight excluding hydrogens is 321 g/mol. The minimum absolute atomic E-state index is 0.0732. The van der Waals surface area contributed by atoms with Gasteiger partial charge in [-0.05, 0) is 37.5 Å². The van der Waals surface area contributed by atoms with E-state index >= 15 is 0 Å². The van der Waals surface area contributed by atoms with Crippen molar-refractivity contribution in [2.45, 2.75) is 29.5 Å². The van der Waals surface area contributed by atoms with Gasteiger partial charge in [-0.2, -0.15) is 4.31 Å². The largest absolute Gasteiger partial charge is 0.243 e. The van der Waals surface area contributed by atoms with Crippen molar-refractivity contribution in [3.8, 4) is 0 Å². The van der Waals surface area contributed by atoms with E-state index in [2.05, 4.69) is 15.9 Å². The highest BCUT2D eigenvalue weighted by molar-refractivity contribution is 9.09. The van der Waals surface area contributed by atoms with Gasteiger partial charge in [-0.3, -0.25) is 0 Å². The SMILES string of the molecule is Cc1ccc(F)cc1S(=O)(=O)N1CCCC(Br)C1. The van der Waals surface area contributed by atoms with E-state index in [9.17, 15) is 12.8 Å². The normalized spacial score (nSPS) is 22.1. The summed E-state index contributed by atoms with van der Waals surface area (Å²) in [7, 11) is -3.58. The number of piperidine rings is 1. The Morgan fingerprint density at radius 2 is 2.17 bits per heavy atom. The zero-order valence-corrected chi connectivity index (χ0v) is 12.5. The van der Waals surface area contributed by atoms with E-state index in [0.29, 0.717) is 18.7 Å². The molecule has 0 aliphatic carbocycles.